The van der Waals surface area contributed by atoms with Crippen molar-refractivity contribution in [2.75, 3.05) is 37.4 Å². The fourth-order valence-electron chi connectivity index (χ4n) is 2.38. The number of benzene rings is 2. The maximum absolute atomic E-state index is 12.5. The smallest absolute Gasteiger partial charge is 0.319 e. The lowest BCUT2D eigenvalue weighted by atomic mass is 10.2. The summed E-state index contributed by atoms with van der Waals surface area (Å²) in [6, 6.07) is 12.0. The Morgan fingerprint density at radius 1 is 1.00 bits per heavy atom. The summed E-state index contributed by atoms with van der Waals surface area (Å²) >= 11 is 0. The van der Waals surface area contributed by atoms with Gasteiger partial charge in [0.2, 0.25) is 10.0 Å². The van der Waals surface area contributed by atoms with Gasteiger partial charge in [-0.25, -0.2) is 17.9 Å². The largest absolute Gasteiger partial charge is 0.383 e. The number of sulfonamides is 1. The molecule has 0 saturated carbocycles. The average molecular weight is 420 g/mol. The average Bonchev–Trinajstić information content (AvgIpc) is 2.68. The minimum atomic E-state index is -3.75. The summed E-state index contributed by atoms with van der Waals surface area (Å²) in [6.07, 6.45) is 0. The van der Waals surface area contributed by atoms with Gasteiger partial charge in [-0.3, -0.25) is 4.79 Å². The van der Waals surface area contributed by atoms with E-state index in [9.17, 15) is 18.0 Å². The van der Waals surface area contributed by atoms with Gasteiger partial charge in [0.05, 0.1) is 11.5 Å². The highest BCUT2D eigenvalue weighted by molar-refractivity contribution is 7.89. The van der Waals surface area contributed by atoms with Gasteiger partial charge in [0.25, 0.3) is 5.91 Å². The zero-order valence-electron chi connectivity index (χ0n) is 16.2. The number of ether oxygens (including phenoxy) is 1. The fraction of sp³-hybridized carbons (Fsp3) is 0.263. The number of rotatable bonds is 9. The maximum Gasteiger partial charge on any atom is 0.319 e. The Hall–Kier alpha value is -2.95. The van der Waals surface area contributed by atoms with Crippen LogP contribution < -0.4 is 20.7 Å². The lowest BCUT2D eigenvalue weighted by molar-refractivity contribution is 0.102. The number of hydrogen-bond acceptors (Lipinski definition) is 5. The van der Waals surface area contributed by atoms with E-state index in [1.54, 1.807) is 31.2 Å². The topological polar surface area (TPSA) is 126 Å². The Labute approximate surface area is 169 Å². The molecule has 0 aliphatic rings. The van der Waals surface area contributed by atoms with Gasteiger partial charge in [0.1, 0.15) is 0 Å². The van der Waals surface area contributed by atoms with E-state index in [1.807, 2.05) is 0 Å². The van der Waals surface area contributed by atoms with Gasteiger partial charge in [0, 0.05) is 37.1 Å². The second-order valence-corrected chi connectivity index (χ2v) is 7.70. The van der Waals surface area contributed by atoms with Gasteiger partial charge in [-0.05, 0) is 43.3 Å². The molecule has 29 heavy (non-hydrogen) atoms. The lowest BCUT2D eigenvalue weighted by Crippen LogP contribution is -2.28. The molecule has 2 rings (SSSR count). The summed E-state index contributed by atoms with van der Waals surface area (Å²) < 4.78 is 31.8. The molecular weight excluding hydrogens is 396 g/mol. The van der Waals surface area contributed by atoms with Crippen molar-refractivity contribution in [2.45, 2.75) is 11.8 Å². The first-order chi connectivity index (χ1) is 13.9. The minimum Gasteiger partial charge on any atom is -0.383 e. The van der Waals surface area contributed by atoms with Crippen LogP contribution in [0.5, 0.6) is 0 Å². The summed E-state index contributed by atoms with van der Waals surface area (Å²) in [4.78, 5) is 24.1. The molecule has 0 atom stereocenters. The van der Waals surface area contributed by atoms with Crippen LogP contribution in [0.3, 0.4) is 0 Å². The number of methoxy groups -OCH3 is 1. The molecule has 0 spiro atoms. The maximum atomic E-state index is 12.5. The minimum absolute atomic E-state index is 0.0205. The third kappa shape index (κ3) is 6.86. The number of hydrogen-bond donors (Lipinski definition) is 4. The molecule has 0 bridgehead atoms. The molecule has 0 heterocycles. The van der Waals surface area contributed by atoms with E-state index in [-0.39, 0.29) is 29.6 Å². The molecule has 3 amide bonds. The highest BCUT2D eigenvalue weighted by Gasteiger charge is 2.16. The molecule has 0 fully saturated rings. The SMILES string of the molecule is CCNC(=O)Nc1cccc(NC(=O)c2cccc(S(=O)(=O)NCCOC)c2)c1. The van der Waals surface area contributed by atoms with Crippen molar-refractivity contribution in [3.63, 3.8) is 0 Å². The molecular formula is C19H24N4O5S. The molecule has 2 aromatic rings. The Balaban J connectivity index is 2.11. The van der Waals surface area contributed by atoms with Crippen LogP contribution in [0, 0.1) is 0 Å². The van der Waals surface area contributed by atoms with Crippen LogP contribution >= 0.6 is 0 Å². The van der Waals surface area contributed by atoms with E-state index in [0.717, 1.165) is 0 Å². The van der Waals surface area contributed by atoms with Crippen molar-refractivity contribution in [1.29, 1.82) is 0 Å². The summed E-state index contributed by atoms with van der Waals surface area (Å²) in [6.45, 7) is 2.65. The number of amides is 3. The number of nitrogens with one attached hydrogen (secondary N) is 4. The first kappa shape index (κ1) is 22.3. The van der Waals surface area contributed by atoms with Crippen molar-refractivity contribution in [3.05, 3.63) is 54.1 Å². The van der Waals surface area contributed by atoms with Gasteiger partial charge in [-0.15, -0.1) is 0 Å². The second-order valence-electron chi connectivity index (χ2n) is 5.94. The molecule has 4 N–H and O–H groups in total. The summed E-state index contributed by atoms with van der Waals surface area (Å²) in [5.74, 6) is -0.478. The van der Waals surface area contributed by atoms with Crippen LogP contribution in [0.2, 0.25) is 0 Å². The first-order valence-corrected chi connectivity index (χ1v) is 10.4. The second kappa shape index (κ2) is 10.6. The molecule has 0 radical (unpaired) electrons. The Morgan fingerprint density at radius 2 is 1.69 bits per heavy atom. The van der Waals surface area contributed by atoms with E-state index in [4.69, 9.17) is 4.74 Å². The zero-order valence-corrected chi connectivity index (χ0v) is 17.0. The van der Waals surface area contributed by atoms with Crippen LogP contribution in [0.1, 0.15) is 17.3 Å². The van der Waals surface area contributed by atoms with Gasteiger partial charge in [0.15, 0.2) is 0 Å². The fourth-order valence-corrected chi connectivity index (χ4v) is 3.44. The van der Waals surface area contributed by atoms with Gasteiger partial charge >= 0.3 is 6.03 Å². The molecule has 0 aromatic heterocycles. The van der Waals surface area contributed by atoms with Crippen molar-refractivity contribution < 1.29 is 22.7 Å². The molecule has 9 nitrogen and oxygen atoms in total. The molecule has 10 heteroatoms. The van der Waals surface area contributed by atoms with Crippen molar-refractivity contribution in [2.24, 2.45) is 0 Å². The van der Waals surface area contributed by atoms with Gasteiger partial charge in [-0.2, -0.15) is 0 Å². The lowest BCUT2D eigenvalue weighted by Gasteiger charge is -2.10. The van der Waals surface area contributed by atoms with Gasteiger partial charge in [-0.1, -0.05) is 12.1 Å². The molecule has 156 valence electrons. The number of carbonyl (C=O) groups is 2. The Morgan fingerprint density at radius 3 is 2.38 bits per heavy atom. The summed E-state index contributed by atoms with van der Waals surface area (Å²) in [5, 5.41) is 7.95. The van der Waals surface area contributed by atoms with E-state index < -0.39 is 15.9 Å². The molecule has 0 aliphatic carbocycles. The van der Waals surface area contributed by atoms with Crippen LogP contribution in [-0.2, 0) is 14.8 Å². The molecule has 0 saturated heterocycles. The van der Waals surface area contributed by atoms with E-state index in [2.05, 4.69) is 20.7 Å². The standard InChI is InChI=1S/C19H24N4O5S/c1-3-20-19(25)23-16-8-5-7-15(13-16)22-18(24)14-6-4-9-17(12-14)29(26,27)21-10-11-28-2/h4-9,12-13,21H,3,10-11H2,1-2H3,(H,22,24)(H2,20,23,25). The molecule has 0 unspecified atom stereocenters. The summed E-state index contributed by atoms with van der Waals surface area (Å²) in [5.41, 5.74) is 1.14. The Bertz CT molecular complexity index is 963. The number of carbonyl (C=O) groups excluding carboxylic acids is 2. The molecule has 2 aromatic carbocycles. The van der Waals surface area contributed by atoms with E-state index in [1.165, 1.54) is 31.4 Å². The normalized spacial score (nSPS) is 11.0. The highest BCUT2D eigenvalue weighted by atomic mass is 32.2. The van der Waals surface area contributed by atoms with Crippen LogP contribution in [0.15, 0.2) is 53.4 Å². The van der Waals surface area contributed by atoms with E-state index >= 15 is 0 Å². The quantitative estimate of drug-likeness (QED) is 0.462. The third-order valence-corrected chi connectivity index (χ3v) is 5.18. The van der Waals surface area contributed by atoms with E-state index in [0.29, 0.717) is 17.9 Å². The van der Waals surface area contributed by atoms with Crippen molar-refractivity contribution >= 4 is 33.3 Å². The summed E-state index contributed by atoms with van der Waals surface area (Å²) in [7, 11) is -2.28. The monoisotopic (exact) mass is 420 g/mol. The first-order valence-electron chi connectivity index (χ1n) is 8.90. The van der Waals surface area contributed by atoms with Gasteiger partial charge < -0.3 is 20.7 Å². The highest BCUT2D eigenvalue weighted by Crippen LogP contribution is 2.17. The predicted octanol–water partition coefficient (Wildman–Crippen LogP) is 2.00. The Kier molecular flexibility index (Phi) is 8.13. The molecule has 0 aliphatic heterocycles. The number of anilines is 2. The van der Waals surface area contributed by atoms with Crippen LogP contribution in [0.4, 0.5) is 16.2 Å². The third-order valence-electron chi connectivity index (χ3n) is 3.72. The number of urea groups is 1. The van der Waals surface area contributed by atoms with Crippen LogP contribution in [0.25, 0.3) is 0 Å². The predicted molar refractivity (Wildman–Crippen MR) is 111 cm³/mol. The zero-order chi connectivity index (χ0) is 21.3. The van der Waals surface area contributed by atoms with Crippen LogP contribution in [-0.4, -0.2) is 47.2 Å². The van der Waals surface area contributed by atoms with Crippen molar-refractivity contribution in [1.82, 2.24) is 10.0 Å². The van der Waals surface area contributed by atoms with Crippen molar-refractivity contribution in [3.8, 4) is 0 Å².